The third-order valence-electron chi connectivity index (χ3n) is 1.71. The fraction of sp³-hybridized carbons (Fsp3) is 0.273. The zero-order valence-corrected chi connectivity index (χ0v) is 9.48. The lowest BCUT2D eigenvalue weighted by Crippen LogP contribution is -2.09. The van der Waals surface area contributed by atoms with Gasteiger partial charge in [0, 0.05) is 10.9 Å². The van der Waals surface area contributed by atoms with E-state index in [-0.39, 0.29) is 22.7 Å². The van der Waals surface area contributed by atoms with Crippen molar-refractivity contribution in [3.8, 4) is 0 Å². The highest BCUT2D eigenvalue weighted by Crippen LogP contribution is 2.36. The van der Waals surface area contributed by atoms with Crippen molar-refractivity contribution in [3.63, 3.8) is 0 Å². The van der Waals surface area contributed by atoms with Crippen LogP contribution in [0.5, 0.6) is 0 Å². The van der Waals surface area contributed by atoms with Crippen molar-refractivity contribution in [2.75, 3.05) is 0 Å². The third kappa shape index (κ3) is 5.23. The van der Waals surface area contributed by atoms with E-state index in [0.717, 1.165) is 5.56 Å². The highest BCUT2D eigenvalue weighted by molar-refractivity contribution is 8.00. The summed E-state index contributed by atoms with van der Waals surface area (Å²) in [6.07, 6.45) is 3.57. The first kappa shape index (κ1) is 13.1. The average Bonchev–Trinajstić information content (AvgIpc) is 2.14. The lowest BCUT2D eigenvalue weighted by atomic mass is 10.2. The van der Waals surface area contributed by atoms with Gasteiger partial charge in [-0.2, -0.15) is 13.2 Å². The average molecular weight is 247 g/mol. The minimum Gasteiger partial charge on any atom is -0.325 e. The molecule has 1 unspecified atom stereocenters. The van der Waals surface area contributed by atoms with Crippen molar-refractivity contribution in [3.05, 3.63) is 35.9 Å². The lowest BCUT2D eigenvalue weighted by molar-refractivity contribution is -0.0328. The molecule has 1 nitrogen and oxygen atoms in total. The van der Waals surface area contributed by atoms with Crippen LogP contribution in [0.3, 0.4) is 0 Å². The molecule has 0 spiro atoms. The first-order valence-electron chi connectivity index (χ1n) is 4.66. The Kier molecular flexibility index (Phi) is 4.44. The van der Waals surface area contributed by atoms with Crippen LogP contribution >= 0.6 is 11.8 Å². The molecule has 0 heterocycles. The van der Waals surface area contributed by atoms with E-state index < -0.39 is 5.51 Å². The molecule has 16 heavy (non-hydrogen) atoms. The molecule has 0 saturated heterocycles. The molecule has 0 radical (unpaired) electrons. The Morgan fingerprint density at radius 1 is 1.25 bits per heavy atom. The van der Waals surface area contributed by atoms with Crippen LogP contribution in [0.25, 0.3) is 6.08 Å². The molecule has 2 N–H and O–H groups in total. The van der Waals surface area contributed by atoms with E-state index in [1.807, 2.05) is 6.92 Å². The zero-order valence-electron chi connectivity index (χ0n) is 8.66. The van der Waals surface area contributed by atoms with Crippen molar-refractivity contribution in [2.45, 2.75) is 23.4 Å². The lowest BCUT2D eigenvalue weighted by Gasteiger charge is -2.05. The molecule has 0 fully saturated rings. The number of benzene rings is 1. The van der Waals surface area contributed by atoms with Gasteiger partial charge >= 0.3 is 5.51 Å². The molecule has 0 aliphatic carbocycles. The highest BCUT2D eigenvalue weighted by atomic mass is 32.2. The van der Waals surface area contributed by atoms with Gasteiger partial charge in [0.25, 0.3) is 0 Å². The number of halogens is 3. The van der Waals surface area contributed by atoms with Gasteiger partial charge in [-0.25, -0.2) is 0 Å². The summed E-state index contributed by atoms with van der Waals surface area (Å²) in [4.78, 5) is 0.186. The molecule has 1 atom stereocenters. The zero-order chi connectivity index (χ0) is 12.2. The molecular formula is C11H12F3NS. The SMILES string of the molecule is CC(N)/C=C/c1ccc(SC(F)(F)F)cc1. The van der Waals surface area contributed by atoms with E-state index >= 15 is 0 Å². The van der Waals surface area contributed by atoms with Crippen molar-refractivity contribution >= 4 is 17.8 Å². The van der Waals surface area contributed by atoms with Crippen LogP contribution in [0.1, 0.15) is 12.5 Å². The van der Waals surface area contributed by atoms with Crippen LogP contribution in [0.15, 0.2) is 35.2 Å². The van der Waals surface area contributed by atoms with Gasteiger partial charge in [-0.05, 0) is 36.4 Å². The summed E-state index contributed by atoms with van der Waals surface area (Å²) >= 11 is -0.115. The molecule has 0 aromatic heterocycles. The Hall–Kier alpha value is -0.940. The second-order valence-electron chi connectivity index (χ2n) is 3.34. The first-order chi connectivity index (χ1) is 7.37. The maximum absolute atomic E-state index is 12.0. The number of alkyl halides is 3. The smallest absolute Gasteiger partial charge is 0.325 e. The Morgan fingerprint density at radius 3 is 2.25 bits per heavy atom. The minimum absolute atomic E-state index is 0.0655. The number of nitrogens with two attached hydrogens (primary N) is 1. The number of thioether (sulfide) groups is 1. The monoisotopic (exact) mass is 247 g/mol. The number of rotatable bonds is 3. The number of hydrogen-bond acceptors (Lipinski definition) is 2. The fourth-order valence-electron chi connectivity index (χ4n) is 1.04. The second-order valence-corrected chi connectivity index (χ2v) is 4.47. The van der Waals surface area contributed by atoms with Crippen LogP contribution in [-0.4, -0.2) is 11.6 Å². The Bertz CT molecular complexity index is 354. The molecule has 0 saturated carbocycles. The van der Waals surface area contributed by atoms with Gasteiger partial charge in [0.2, 0.25) is 0 Å². The van der Waals surface area contributed by atoms with Gasteiger partial charge in [-0.15, -0.1) is 0 Å². The summed E-state index contributed by atoms with van der Waals surface area (Å²) in [5.41, 5.74) is 2.12. The largest absolute Gasteiger partial charge is 0.446 e. The molecule has 1 aromatic carbocycles. The Morgan fingerprint density at radius 2 is 1.81 bits per heavy atom. The Labute approximate surface area is 96.5 Å². The molecule has 0 amide bonds. The summed E-state index contributed by atoms with van der Waals surface area (Å²) in [6, 6.07) is 6.09. The van der Waals surface area contributed by atoms with E-state index in [0.29, 0.717) is 0 Å². The molecule has 1 rings (SSSR count). The molecule has 0 bridgehead atoms. The maximum Gasteiger partial charge on any atom is 0.446 e. The van der Waals surface area contributed by atoms with E-state index in [2.05, 4.69) is 0 Å². The predicted molar refractivity (Wildman–Crippen MR) is 61.0 cm³/mol. The van der Waals surface area contributed by atoms with E-state index in [9.17, 15) is 13.2 Å². The summed E-state index contributed by atoms with van der Waals surface area (Å²) < 4.78 is 36.1. The summed E-state index contributed by atoms with van der Waals surface area (Å²) in [5.74, 6) is 0. The predicted octanol–water partition coefficient (Wildman–Crippen LogP) is 3.66. The molecule has 88 valence electrons. The standard InChI is InChI=1S/C11H12F3NS/c1-8(15)2-3-9-4-6-10(7-5-9)16-11(12,13)14/h2-8H,15H2,1H3/b3-2+. The van der Waals surface area contributed by atoms with Crippen molar-refractivity contribution in [1.29, 1.82) is 0 Å². The van der Waals surface area contributed by atoms with Gasteiger partial charge in [-0.3, -0.25) is 0 Å². The van der Waals surface area contributed by atoms with E-state index in [4.69, 9.17) is 5.73 Å². The van der Waals surface area contributed by atoms with Crippen molar-refractivity contribution in [1.82, 2.24) is 0 Å². The minimum atomic E-state index is -4.23. The highest BCUT2D eigenvalue weighted by Gasteiger charge is 2.28. The van der Waals surface area contributed by atoms with E-state index in [1.165, 1.54) is 12.1 Å². The second kappa shape index (κ2) is 5.41. The first-order valence-corrected chi connectivity index (χ1v) is 5.48. The van der Waals surface area contributed by atoms with Gasteiger partial charge in [0.05, 0.1) is 0 Å². The Balaban J connectivity index is 2.68. The van der Waals surface area contributed by atoms with Crippen LogP contribution < -0.4 is 5.73 Å². The molecule has 5 heteroatoms. The normalized spacial score (nSPS) is 14.3. The molecule has 0 aliphatic heterocycles. The molecule has 1 aromatic rings. The molecular weight excluding hydrogens is 235 g/mol. The van der Waals surface area contributed by atoms with Crippen LogP contribution in [0.2, 0.25) is 0 Å². The van der Waals surface area contributed by atoms with Crippen molar-refractivity contribution in [2.24, 2.45) is 5.73 Å². The summed E-state index contributed by atoms with van der Waals surface area (Å²) in [5, 5.41) is 0. The fourth-order valence-corrected chi connectivity index (χ4v) is 1.58. The maximum atomic E-state index is 12.0. The van der Waals surface area contributed by atoms with Crippen molar-refractivity contribution < 1.29 is 13.2 Å². The summed E-state index contributed by atoms with van der Waals surface area (Å²) in [7, 11) is 0. The third-order valence-corrected chi connectivity index (χ3v) is 2.45. The van der Waals surface area contributed by atoms with Gasteiger partial charge in [0.1, 0.15) is 0 Å². The number of hydrogen-bond donors (Lipinski definition) is 1. The summed E-state index contributed by atoms with van der Waals surface area (Å²) in [6.45, 7) is 1.82. The topological polar surface area (TPSA) is 26.0 Å². The quantitative estimate of drug-likeness (QED) is 0.825. The van der Waals surface area contributed by atoms with Crippen LogP contribution in [0.4, 0.5) is 13.2 Å². The van der Waals surface area contributed by atoms with E-state index in [1.54, 1.807) is 24.3 Å². The van der Waals surface area contributed by atoms with Gasteiger partial charge < -0.3 is 5.73 Å². The van der Waals surface area contributed by atoms with Gasteiger partial charge in [-0.1, -0.05) is 24.3 Å². The molecule has 0 aliphatic rings. The van der Waals surface area contributed by atoms with Crippen LogP contribution in [-0.2, 0) is 0 Å². The van der Waals surface area contributed by atoms with Gasteiger partial charge in [0.15, 0.2) is 0 Å². The van der Waals surface area contributed by atoms with Crippen LogP contribution in [0, 0.1) is 0 Å².